The number of hydrazine groups is 2. The van der Waals surface area contributed by atoms with E-state index in [-0.39, 0.29) is 14.9 Å². The van der Waals surface area contributed by atoms with Gasteiger partial charge in [-0.15, -0.1) is 0 Å². The van der Waals surface area contributed by atoms with Gasteiger partial charge < -0.3 is 10.2 Å². The number of halogens is 4. The molecule has 0 aliphatic heterocycles. The molecule has 10 heteroatoms. The van der Waals surface area contributed by atoms with Gasteiger partial charge in [0.15, 0.2) is 0 Å². The van der Waals surface area contributed by atoms with Crippen LogP contribution in [0.3, 0.4) is 0 Å². The predicted molar refractivity (Wildman–Crippen MR) is 127 cm³/mol. The molecule has 29 heavy (non-hydrogen) atoms. The molecule has 0 saturated heterocycles. The minimum absolute atomic E-state index is 0. The van der Waals surface area contributed by atoms with E-state index in [2.05, 4.69) is 16.3 Å². The number of hydrogen-bond acceptors (Lipinski definition) is 5. The average molecular weight is 486 g/mol. The van der Waals surface area contributed by atoms with Crippen LogP contribution in [0.15, 0.2) is 36.4 Å². The maximum atomic E-state index is 11.4. The molecule has 1 amide bonds. The molecule has 0 radical (unpaired) electrons. The summed E-state index contributed by atoms with van der Waals surface area (Å²) in [6.45, 7) is 5.33. The Kier molecular flexibility index (Phi) is 13.9. The third kappa shape index (κ3) is 11.9. The molecule has 0 spiro atoms. The minimum Gasteiger partial charge on any atom is -0.443 e. The molecule has 5 N–H and O–H groups in total. The highest BCUT2D eigenvalue weighted by Crippen LogP contribution is 2.25. The van der Waals surface area contributed by atoms with Crippen LogP contribution >= 0.6 is 46.4 Å². The molecule has 2 aromatic carbocycles. The molecule has 0 saturated carbocycles. The van der Waals surface area contributed by atoms with Crippen molar-refractivity contribution in [1.82, 2.24) is 5.43 Å². The van der Waals surface area contributed by atoms with Gasteiger partial charge in [-0.05, 0) is 57.2 Å². The highest BCUT2D eigenvalue weighted by atomic mass is 35.5. The summed E-state index contributed by atoms with van der Waals surface area (Å²) in [6, 6.07) is 9.92. The van der Waals surface area contributed by atoms with Gasteiger partial charge in [-0.1, -0.05) is 61.3 Å². The smallest absolute Gasteiger partial charge is 0.426 e. The highest BCUT2D eigenvalue weighted by Gasteiger charge is 2.16. The Morgan fingerprint density at radius 3 is 1.76 bits per heavy atom. The topological polar surface area (TPSA) is 88.4 Å². The molecule has 0 unspecified atom stereocenters. The molecule has 164 valence electrons. The maximum Gasteiger partial charge on any atom is 0.426 e. The van der Waals surface area contributed by atoms with Gasteiger partial charge >= 0.3 is 6.09 Å². The van der Waals surface area contributed by atoms with Crippen LogP contribution in [0.25, 0.3) is 0 Å². The minimum atomic E-state index is -0.589. The van der Waals surface area contributed by atoms with E-state index in [1.54, 1.807) is 57.2 Å². The van der Waals surface area contributed by atoms with Gasteiger partial charge in [0.1, 0.15) is 5.60 Å². The summed E-state index contributed by atoms with van der Waals surface area (Å²) < 4.78 is 5.04. The number of amides is 1. The zero-order valence-electron chi connectivity index (χ0n) is 14.9. The largest absolute Gasteiger partial charge is 0.443 e. The first-order chi connectivity index (χ1) is 12.5. The van der Waals surface area contributed by atoms with Crippen molar-refractivity contribution in [3.63, 3.8) is 0 Å². The van der Waals surface area contributed by atoms with Gasteiger partial charge in [0.05, 0.1) is 21.4 Å². The molecular formula is C19H28Cl4N4O2. The Morgan fingerprint density at radius 2 is 1.34 bits per heavy atom. The number of ether oxygens (including phenoxy) is 1. The Bertz CT molecular complexity index is 783. The van der Waals surface area contributed by atoms with E-state index < -0.39 is 11.7 Å². The van der Waals surface area contributed by atoms with Crippen LogP contribution in [0.5, 0.6) is 0 Å². The van der Waals surface area contributed by atoms with E-state index in [0.29, 0.717) is 31.5 Å². The highest BCUT2D eigenvalue weighted by molar-refractivity contribution is 6.35. The first kappa shape index (κ1) is 29.6. The van der Waals surface area contributed by atoms with Gasteiger partial charge in [-0.2, -0.15) is 0 Å². The van der Waals surface area contributed by atoms with E-state index in [4.69, 9.17) is 57.0 Å². The van der Waals surface area contributed by atoms with Crippen LogP contribution in [-0.2, 0) is 4.74 Å². The third-order valence-corrected chi connectivity index (χ3v) is 3.84. The van der Waals surface area contributed by atoms with Crippen molar-refractivity contribution in [2.75, 3.05) is 10.9 Å². The fraction of sp³-hybridized carbons (Fsp3) is 0.316. The predicted octanol–water partition coefficient (Wildman–Crippen LogP) is 7.40. The summed E-state index contributed by atoms with van der Waals surface area (Å²) in [7, 11) is 0. The molecule has 0 heterocycles. The van der Waals surface area contributed by atoms with E-state index >= 15 is 0 Å². The summed E-state index contributed by atoms with van der Waals surface area (Å²) in [5.41, 5.74) is 8.01. The number of rotatable bonds is 3. The first-order valence-electron chi connectivity index (χ1n) is 7.63. The first-order valence-corrected chi connectivity index (χ1v) is 9.14. The van der Waals surface area contributed by atoms with Gasteiger partial charge in [0.25, 0.3) is 0 Å². The van der Waals surface area contributed by atoms with Gasteiger partial charge in [0, 0.05) is 10.0 Å². The number of carbonyl (C=O) groups excluding carboxylic acids is 1. The number of nitrogen functional groups attached to an aromatic ring is 1. The number of anilines is 2. The Balaban J connectivity index is 0. The lowest BCUT2D eigenvalue weighted by molar-refractivity contribution is 0.0541. The van der Waals surface area contributed by atoms with E-state index in [0.717, 1.165) is 0 Å². The number of carbonyl (C=O) groups is 1. The van der Waals surface area contributed by atoms with Gasteiger partial charge in [-0.3, -0.25) is 11.3 Å². The summed E-state index contributed by atoms with van der Waals surface area (Å²) in [4.78, 5) is 11.4. The number of benzene rings is 2. The Labute approximate surface area is 192 Å². The van der Waals surface area contributed by atoms with Crippen LogP contribution in [0.1, 0.15) is 35.6 Å². The van der Waals surface area contributed by atoms with E-state index in [1.807, 2.05) is 0 Å². The number of nitrogens with two attached hydrogens (primary N) is 1. The quantitative estimate of drug-likeness (QED) is 0.268. The molecule has 0 aliphatic rings. The van der Waals surface area contributed by atoms with Crippen LogP contribution in [0, 0.1) is 0 Å². The lowest BCUT2D eigenvalue weighted by Gasteiger charge is -2.20. The second-order valence-electron chi connectivity index (χ2n) is 6.14. The summed E-state index contributed by atoms with van der Waals surface area (Å²) in [6.07, 6.45) is -0.589. The molecule has 2 aromatic rings. The SMILES string of the molecule is C.C.CC(C)(C)OC(=O)NNc1cc(Cl)ccc1Cl.NNc1cc(Cl)ccc1Cl. The van der Waals surface area contributed by atoms with E-state index in [9.17, 15) is 4.79 Å². The monoisotopic (exact) mass is 484 g/mol. The zero-order chi connectivity index (χ0) is 20.6. The van der Waals surface area contributed by atoms with Crippen molar-refractivity contribution < 1.29 is 9.53 Å². The summed E-state index contributed by atoms with van der Waals surface area (Å²) >= 11 is 23.0. The normalized spacial score (nSPS) is 9.66. The van der Waals surface area contributed by atoms with Crippen molar-refractivity contribution in [3.8, 4) is 0 Å². The molecule has 0 aromatic heterocycles. The van der Waals surface area contributed by atoms with Crippen molar-refractivity contribution in [1.29, 1.82) is 0 Å². The van der Waals surface area contributed by atoms with Crippen LogP contribution in [0.2, 0.25) is 20.1 Å². The van der Waals surface area contributed by atoms with Gasteiger partial charge in [0.2, 0.25) is 0 Å². The Morgan fingerprint density at radius 1 is 0.897 bits per heavy atom. The lowest BCUT2D eigenvalue weighted by Crippen LogP contribution is -2.35. The number of nitrogens with one attached hydrogen (secondary N) is 3. The number of hydrogen-bond donors (Lipinski definition) is 4. The van der Waals surface area contributed by atoms with Crippen molar-refractivity contribution in [2.24, 2.45) is 5.84 Å². The summed E-state index contributed by atoms with van der Waals surface area (Å²) in [5, 5.41) is 2.14. The molecule has 0 aliphatic carbocycles. The van der Waals surface area contributed by atoms with Crippen LogP contribution < -0.4 is 22.1 Å². The fourth-order valence-corrected chi connectivity index (χ4v) is 2.30. The van der Waals surface area contributed by atoms with Crippen LogP contribution in [0.4, 0.5) is 16.2 Å². The Hall–Kier alpha value is -1.57. The molecule has 0 fully saturated rings. The second kappa shape index (κ2) is 13.6. The average Bonchev–Trinajstić information content (AvgIpc) is 2.57. The lowest BCUT2D eigenvalue weighted by atomic mass is 10.2. The molecule has 0 bridgehead atoms. The molecule has 6 nitrogen and oxygen atoms in total. The molecule has 2 rings (SSSR count). The third-order valence-electron chi connectivity index (χ3n) is 2.71. The summed E-state index contributed by atoms with van der Waals surface area (Å²) in [5.74, 6) is 5.13. The maximum absolute atomic E-state index is 11.4. The standard InChI is InChI=1S/C11H14Cl2N2O2.C6H6Cl2N2.2CH4/c1-11(2,3)17-10(16)15-14-9-6-7(12)4-5-8(9)13;7-4-1-2-5(8)6(3-4)10-9;;/h4-6,14H,1-3H3,(H,15,16);1-3,10H,9H2;2*1H4. The fourth-order valence-electron chi connectivity index (χ4n) is 1.62. The van der Waals surface area contributed by atoms with E-state index in [1.165, 1.54) is 0 Å². The molecular weight excluding hydrogens is 458 g/mol. The van der Waals surface area contributed by atoms with Gasteiger partial charge in [-0.25, -0.2) is 10.2 Å². The molecule has 0 atom stereocenters. The van der Waals surface area contributed by atoms with Crippen molar-refractivity contribution in [2.45, 2.75) is 41.2 Å². The van der Waals surface area contributed by atoms with Crippen LogP contribution in [-0.4, -0.2) is 11.7 Å². The zero-order valence-corrected chi connectivity index (χ0v) is 17.9. The van der Waals surface area contributed by atoms with Crippen molar-refractivity contribution in [3.05, 3.63) is 56.5 Å². The second-order valence-corrected chi connectivity index (χ2v) is 7.83. The van der Waals surface area contributed by atoms with Crippen molar-refractivity contribution >= 4 is 63.9 Å².